The zero-order valence-corrected chi connectivity index (χ0v) is 12.5. The predicted octanol–water partition coefficient (Wildman–Crippen LogP) is 1.58. The van der Waals surface area contributed by atoms with Crippen LogP contribution in [0, 0.1) is 5.41 Å². The molecule has 1 aromatic carbocycles. The number of ether oxygens (including phenoxy) is 1. The molecule has 0 aliphatic carbocycles. The normalized spacial score (nSPS) is 20.7. The Kier molecular flexibility index (Phi) is 4.08. The molecule has 2 heterocycles. The molecule has 3 rings (SSSR count). The van der Waals surface area contributed by atoms with Gasteiger partial charge in [0.2, 0.25) is 5.91 Å². The molecule has 0 aromatic heterocycles. The highest BCUT2D eigenvalue weighted by Crippen LogP contribution is 2.37. The molecule has 1 amide bonds. The molecule has 0 radical (unpaired) electrons. The summed E-state index contributed by atoms with van der Waals surface area (Å²) in [4.78, 5) is 14.6. The van der Waals surface area contributed by atoms with Crippen molar-refractivity contribution in [3.05, 3.63) is 47.5 Å². The second-order valence-corrected chi connectivity index (χ2v) is 6.12. The lowest BCUT2D eigenvalue weighted by Gasteiger charge is -2.55. The Morgan fingerprint density at radius 1 is 1.33 bits per heavy atom. The zero-order valence-electron chi connectivity index (χ0n) is 12.5. The highest BCUT2D eigenvalue weighted by Gasteiger charge is 2.48. The molecule has 2 saturated heterocycles. The fraction of sp³-hybridized carbons (Fsp3) is 0.471. The summed E-state index contributed by atoms with van der Waals surface area (Å²) >= 11 is 0. The van der Waals surface area contributed by atoms with Gasteiger partial charge in [0.25, 0.3) is 0 Å². The number of rotatable bonds is 5. The molecule has 1 N–H and O–H groups in total. The number of nitrogens with zero attached hydrogens (tertiary/aromatic N) is 1. The third-order valence-electron chi connectivity index (χ3n) is 4.26. The maximum absolute atomic E-state index is 12.2. The van der Waals surface area contributed by atoms with Gasteiger partial charge in [0.15, 0.2) is 0 Å². The van der Waals surface area contributed by atoms with E-state index in [1.807, 2.05) is 43.3 Å². The summed E-state index contributed by atoms with van der Waals surface area (Å²) in [6.45, 7) is 7.11. The molecule has 1 spiro atoms. The van der Waals surface area contributed by atoms with E-state index in [1.54, 1.807) is 0 Å². The van der Waals surface area contributed by atoms with E-state index in [2.05, 4.69) is 10.2 Å². The first kappa shape index (κ1) is 14.3. The SMILES string of the molecule is C/C=C(\CN1CC2(COC2)C1)C(=O)NCc1ccccc1. The molecule has 0 saturated carbocycles. The van der Waals surface area contributed by atoms with Crippen LogP contribution in [0.3, 0.4) is 0 Å². The molecule has 0 unspecified atom stereocenters. The number of hydrogen-bond acceptors (Lipinski definition) is 3. The van der Waals surface area contributed by atoms with Gasteiger partial charge in [-0.3, -0.25) is 9.69 Å². The second-order valence-electron chi connectivity index (χ2n) is 6.12. The smallest absolute Gasteiger partial charge is 0.248 e. The van der Waals surface area contributed by atoms with E-state index in [1.165, 1.54) is 0 Å². The van der Waals surface area contributed by atoms with Gasteiger partial charge in [-0.1, -0.05) is 36.4 Å². The summed E-state index contributed by atoms with van der Waals surface area (Å²) in [7, 11) is 0. The minimum atomic E-state index is 0.0344. The topological polar surface area (TPSA) is 41.6 Å². The van der Waals surface area contributed by atoms with Crippen LogP contribution in [0.1, 0.15) is 12.5 Å². The van der Waals surface area contributed by atoms with E-state index < -0.39 is 0 Å². The van der Waals surface area contributed by atoms with Crippen molar-refractivity contribution in [2.75, 3.05) is 32.8 Å². The maximum atomic E-state index is 12.2. The number of nitrogens with one attached hydrogen (secondary N) is 1. The van der Waals surface area contributed by atoms with E-state index in [-0.39, 0.29) is 5.91 Å². The van der Waals surface area contributed by atoms with Gasteiger partial charge in [-0.15, -0.1) is 0 Å². The maximum Gasteiger partial charge on any atom is 0.248 e. The molecule has 2 aliphatic rings. The lowest BCUT2D eigenvalue weighted by Crippen LogP contribution is -2.66. The molecule has 2 aliphatic heterocycles. The van der Waals surface area contributed by atoms with Crippen molar-refractivity contribution in [3.8, 4) is 0 Å². The van der Waals surface area contributed by atoms with Crippen molar-refractivity contribution in [2.45, 2.75) is 13.5 Å². The van der Waals surface area contributed by atoms with Gasteiger partial charge in [0.05, 0.1) is 13.2 Å². The molecular weight excluding hydrogens is 264 g/mol. The minimum Gasteiger partial charge on any atom is -0.380 e. The third kappa shape index (κ3) is 3.17. The number of amides is 1. The predicted molar refractivity (Wildman–Crippen MR) is 81.7 cm³/mol. The van der Waals surface area contributed by atoms with E-state index in [9.17, 15) is 4.79 Å². The lowest BCUT2D eigenvalue weighted by molar-refractivity contribution is -0.186. The highest BCUT2D eigenvalue weighted by atomic mass is 16.5. The van der Waals surface area contributed by atoms with Crippen LogP contribution in [0.25, 0.3) is 0 Å². The number of allylic oxidation sites excluding steroid dienone is 1. The summed E-state index contributed by atoms with van der Waals surface area (Å²) in [5.74, 6) is 0.0344. The Morgan fingerprint density at radius 2 is 2.05 bits per heavy atom. The van der Waals surface area contributed by atoms with Crippen LogP contribution in [0.15, 0.2) is 42.0 Å². The van der Waals surface area contributed by atoms with Crippen LogP contribution in [-0.4, -0.2) is 43.7 Å². The molecule has 112 valence electrons. The molecule has 4 heteroatoms. The summed E-state index contributed by atoms with van der Waals surface area (Å²) in [5, 5.41) is 2.99. The van der Waals surface area contributed by atoms with Crippen molar-refractivity contribution in [2.24, 2.45) is 5.41 Å². The van der Waals surface area contributed by atoms with Gasteiger partial charge in [-0.05, 0) is 12.5 Å². The van der Waals surface area contributed by atoms with Gasteiger partial charge < -0.3 is 10.1 Å². The first-order valence-corrected chi connectivity index (χ1v) is 7.48. The molecule has 0 bridgehead atoms. The quantitative estimate of drug-likeness (QED) is 0.836. The fourth-order valence-electron chi connectivity index (χ4n) is 3.01. The second kappa shape index (κ2) is 6.00. The summed E-state index contributed by atoms with van der Waals surface area (Å²) in [6.07, 6.45) is 1.92. The van der Waals surface area contributed by atoms with Gasteiger partial charge in [0.1, 0.15) is 0 Å². The van der Waals surface area contributed by atoms with Crippen molar-refractivity contribution >= 4 is 5.91 Å². The van der Waals surface area contributed by atoms with Gasteiger partial charge >= 0.3 is 0 Å². The van der Waals surface area contributed by atoms with Crippen LogP contribution in [0.5, 0.6) is 0 Å². The fourth-order valence-corrected chi connectivity index (χ4v) is 3.01. The van der Waals surface area contributed by atoms with Crippen LogP contribution >= 0.6 is 0 Å². The Bertz CT molecular complexity index is 527. The average Bonchev–Trinajstić information content (AvgIpc) is 2.43. The van der Waals surface area contributed by atoms with E-state index in [0.29, 0.717) is 12.0 Å². The van der Waals surface area contributed by atoms with Crippen LogP contribution < -0.4 is 5.32 Å². The first-order chi connectivity index (χ1) is 10.2. The minimum absolute atomic E-state index is 0.0344. The van der Waals surface area contributed by atoms with Crippen LogP contribution in [-0.2, 0) is 16.1 Å². The monoisotopic (exact) mass is 286 g/mol. The third-order valence-corrected chi connectivity index (χ3v) is 4.26. The Balaban J connectivity index is 1.46. The standard InChI is InChI=1S/C17H22N2O2/c1-2-15(9-19-10-17(11-19)12-21-13-17)16(20)18-8-14-6-4-3-5-7-14/h2-7H,8-13H2,1H3,(H,18,20)/b15-2+. The van der Waals surface area contributed by atoms with Crippen LogP contribution in [0.4, 0.5) is 0 Å². The number of carbonyl (C=O) groups is 1. The van der Waals surface area contributed by atoms with Crippen molar-refractivity contribution in [1.82, 2.24) is 10.2 Å². The number of hydrogen-bond donors (Lipinski definition) is 1. The number of carbonyl (C=O) groups excluding carboxylic acids is 1. The molecule has 0 atom stereocenters. The van der Waals surface area contributed by atoms with Crippen molar-refractivity contribution in [3.63, 3.8) is 0 Å². The van der Waals surface area contributed by atoms with Crippen molar-refractivity contribution in [1.29, 1.82) is 0 Å². The van der Waals surface area contributed by atoms with E-state index in [0.717, 1.165) is 44.0 Å². The van der Waals surface area contributed by atoms with Gasteiger partial charge in [-0.2, -0.15) is 0 Å². The molecule has 4 nitrogen and oxygen atoms in total. The van der Waals surface area contributed by atoms with Crippen LogP contribution in [0.2, 0.25) is 0 Å². The summed E-state index contributed by atoms with van der Waals surface area (Å²) < 4.78 is 5.27. The summed E-state index contributed by atoms with van der Waals surface area (Å²) in [6, 6.07) is 9.99. The molecule has 21 heavy (non-hydrogen) atoms. The molecular formula is C17H22N2O2. The van der Waals surface area contributed by atoms with Crippen molar-refractivity contribution < 1.29 is 9.53 Å². The Labute approximate surface area is 125 Å². The number of benzene rings is 1. The van der Waals surface area contributed by atoms with E-state index in [4.69, 9.17) is 4.74 Å². The van der Waals surface area contributed by atoms with Gasteiger partial charge in [-0.25, -0.2) is 0 Å². The van der Waals surface area contributed by atoms with E-state index >= 15 is 0 Å². The number of likely N-dealkylation sites (tertiary alicyclic amines) is 1. The Hall–Kier alpha value is -1.65. The largest absolute Gasteiger partial charge is 0.380 e. The average molecular weight is 286 g/mol. The summed E-state index contributed by atoms with van der Waals surface area (Å²) in [5.41, 5.74) is 2.37. The van der Waals surface area contributed by atoms with Gasteiger partial charge in [0, 0.05) is 37.2 Å². The first-order valence-electron chi connectivity index (χ1n) is 7.48. The Morgan fingerprint density at radius 3 is 2.62 bits per heavy atom. The molecule has 2 fully saturated rings. The lowest BCUT2D eigenvalue weighted by atomic mass is 9.78. The molecule has 1 aromatic rings. The highest BCUT2D eigenvalue weighted by molar-refractivity contribution is 5.93. The zero-order chi connectivity index (χ0) is 14.7.